The lowest BCUT2D eigenvalue weighted by Crippen LogP contribution is -2.00. The van der Waals surface area contributed by atoms with Crippen LogP contribution in [0.4, 0.5) is 5.82 Å². The Labute approximate surface area is 101 Å². The molecule has 84 valence electrons. The molecule has 2 aromatic rings. The van der Waals surface area contributed by atoms with Crippen LogP contribution in [0.3, 0.4) is 0 Å². The van der Waals surface area contributed by atoms with Crippen molar-refractivity contribution >= 4 is 21.7 Å². The van der Waals surface area contributed by atoms with Gasteiger partial charge in [0.1, 0.15) is 11.6 Å². The van der Waals surface area contributed by atoms with Crippen LogP contribution in [0, 0.1) is 20.8 Å². The molecule has 0 atom stereocenters. The predicted molar refractivity (Wildman–Crippen MR) is 63.9 cm³/mol. The van der Waals surface area contributed by atoms with E-state index in [0.29, 0.717) is 17.4 Å². The number of aryl methyl sites for hydroxylation is 3. The highest BCUT2D eigenvalue weighted by atomic mass is 79.9. The van der Waals surface area contributed by atoms with Gasteiger partial charge in [0.15, 0.2) is 5.82 Å². The smallest absolute Gasteiger partial charge is 0.167 e. The minimum Gasteiger partial charge on any atom is -0.383 e. The van der Waals surface area contributed by atoms with Gasteiger partial charge in [0.25, 0.3) is 0 Å². The molecule has 0 aliphatic heterocycles. The Hall–Kier alpha value is -1.43. The van der Waals surface area contributed by atoms with Crippen LogP contribution in [0.5, 0.6) is 0 Å². The van der Waals surface area contributed by atoms with Crippen LogP contribution in [0.1, 0.15) is 17.1 Å². The minimum atomic E-state index is 0.419. The molecule has 0 aromatic carbocycles. The van der Waals surface area contributed by atoms with Crippen molar-refractivity contribution in [3.63, 3.8) is 0 Å². The first-order chi connectivity index (χ1) is 7.50. The first-order valence-corrected chi connectivity index (χ1v) is 5.53. The molecule has 0 aliphatic carbocycles. The van der Waals surface area contributed by atoms with E-state index in [9.17, 15) is 0 Å². The quantitative estimate of drug-likeness (QED) is 0.869. The van der Waals surface area contributed by atoms with Crippen molar-refractivity contribution in [1.29, 1.82) is 0 Å². The third-order valence-corrected chi connectivity index (χ3v) is 3.28. The molecule has 0 aliphatic rings. The van der Waals surface area contributed by atoms with Gasteiger partial charge >= 0.3 is 0 Å². The van der Waals surface area contributed by atoms with Gasteiger partial charge < -0.3 is 10.3 Å². The lowest BCUT2D eigenvalue weighted by molar-refractivity contribution is 0.393. The van der Waals surface area contributed by atoms with E-state index in [0.717, 1.165) is 21.4 Å². The van der Waals surface area contributed by atoms with Crippen molar-refractivity contribution in [2.24, 2.45) is 0 Å². The Morgan fingerprint density at radius 3 is 2.31 bits per heavy atom. The molecule has 0 amide bonds. The van der Waals surface area contributed by atoms with E-state index in [-0.39, 0.29) is 0 Å². The van der Waals surface area contributed by atoms with Gasteiger partial charge in [-0.3, -0.25) is 0 Å². The summed E-state index contributed by atoms with van der Waals surface area (Å²) in [5.41, 5.74) is 8.14. The zero-order chi connectivity index (χ0) is 11.9. The molecule has 2 heterocycles. The lowest BCUT2D eigenvalue weighted by Gasteiger charge is -2.04. The SMILES string of the molecule is Cc1nc(-c2c(C)noc2C)nc(N)c1Br. The highest BCUT2D eigenvalue weighted by Gasteiger charge is 2.16. The fraction of sp³-hybridized carbons (Fsp3) is 0.300. The fourth-order valence-corrected chi connectivity index (χ4v) is 1.67. The van der Waals surface area contributed by atoms with Crippen LogP contribution >= 0.6 is 15.9 Å². The number of halogens is 1. The summed E-state index contributed by atoms with van der Waals surface area (Å²) in [6.07, 6.45) is 0. The summed E-state index contributed by atoms with van der Waals surface area (Å²) in [5, 5.41) is 3.87. The van der Waals surface area contributed by atoms with Crippen molar-refractivity contribution in [2.75, 3.05) is 5.73 Å². The second-order valence-electron chi connectivity index (χ2n) is 3.53. The Balaban J connectivity index is 2.66. The number of hydrogen-bond donors (Lipinski definition) is 1. The van der Waals surface area contributed by atoms with Crippen LogP contribution in [0.2, 0.25) is 0 Å². The van der Waals surface area contributed by atoms with Crippen molar-refractivity contribution in [3.05, 3.63) is 21.6 Å². The molecule has 2 rings (SSSR count). The van der Waals surface area contributed by atoms with E-state index in [4.69, 9.17) is 10.3 Å². The van der Waals surface area contributed by atoms with Gasteiger partial charge in [0.2, 0.25) is 0 Å². The van der Waals surface area contributed by atoms with Gasteiger partial charge in [-0.25, -0.2) is 9.97 Å². The zero-order valence-corrected chi connectivity index (χ0v) is 10.8. The van der Waals surface area contributed by atoms with Crippen molar-refractivity contribution in [3.8, 4) is 11.4 Å². The van der Waals surface area contributed by atoms with E-state index in [2.05, 4.69) is 31.1 Å². The number of nitrogens with two attached hydrogens (primary N) is 1. The minimum absolute atomic E-state index is 0.419. The summed E-state index contributed by atoms with van der Waals surface area (Å²) >= 11 is 3.32. The molecule has 0 unspecified atom stereocenters. The van der Waals surface area contributed by atoms with Gasteiger partial charge in [-0.1, -0.05) is 5.16 Å². The van der Waals surface area contributed by atoms with Crippen LogP contribution in [-0.2, 0) is 0 Å². The van der Waals surface area contributed by atoms with E-state index >= 15 is 0 Å². The van der Waals surface area contributed by atoms with Crippen LogP contribution in [0.25, 0.3) is 11.4 Å². The van der Waals surface area contributed by atoms with E-state index in [1.54, 1.807) is 0 Å². The zero-order valence-electron chi connectivity index (χ0n) is 9.21. The summed E-state index contributed by atoms with van der Waals surface area (Å²) in [5.74, 6) is 1.66. The molecule has 2 aromatic heterocycles. The second-order valence-corrected chi connectivity index (χ2v) is 4.32. The van der Waals surface area contributed by atoms with Crippen molar-refractivity contribution in [2.45, 2.75) is 20.8 Å². The average molecular weight is 283 g/mol. The maximum Gasteiger partial charge on any atom is 0.167 e. The summed E-state index contributed by atoms with van der Waals surface area (Å²) < 4.78 is 5.80. The van der Waals surface area contributed by atoms with Crippen LogP contribution in [-0.4, -0.2) is 15.1 Å². The Morgan fingerprint density at radius 2 is 1.81 bits per heavy atom. The molecule has 5 nitrogen and oxygen atoms in total. The third kappa shape index (κ3) is 1.69. The van der Waals surface area contributed by atoms with E-state index < -0.39 is 0 Å². The number of nitrogens with zero attached hydrogens (tertiary/aromatic N) is 3. The molecule has 0 spiro atoms. The van der Waals surface area contributed by atoms with Crippen molar-refractivity contribution in [1.82, 2.24) is 15.1 Å². The number of anilines is 1. The summed E-state index contributed by atoms with van der Waals surface area (Å²) in [6.45, 7) is 5.54. The molecule has 0 saturated heterocycles. The normalized spacial score (nSPS) is 10.8. The first-order valence-electron chi connectivity index (χ1n) is 4.73. The molecule has 0 radical (unpaired) electrons. The van der Waals surface area contributed by atoms with E-state index in [1.165, 1.54) is 0 Å². The molecule has 0 bridgehead atoms. The molecular formula is C10H11BrN4O. The topological polar surface area (TPSA) is 77.8 Å². The van der Waals surface area contributed by atoms with Gasteiger partial charge in [-0.2, -0.15) is 0 Å². The summed E-state index contributed by atoms with van der Waals surface area (Å²) in [7, 11) is 0. The van der Waals surface area contributed by atoms with Gasteiger partial charge in [0.05, 0.1) is 21.4 Å². The largest absolute Gasteiger partial charge is 0.383 e. The molecule has 16 heavy (non-hydrogen) atoms. The number of nitrogen functional groups attached to an aromatic ring is 1. The molecular weight excluding hydrogens is 272 g/mol. The molecule has 2 N–H and O–H groups in total. The summed E-state index contributed by atoms with van der Waals surface area (Å²) in [6, 6.07) is 0. The van der Waals surface area contributed by atoms with Gasteiger partial charge in [-0.15, -0.1) is 0 Å². The fourth-order valence-electron chi connectivity index (χ4n) is 1.50. The highest BCUT2D eigenvalue weighted by molar-refractivity contribution is 9.10. The highest BCUT2D eigenvalue weighted by Crippen LogP contribution is 2.28. The molecule has 0 saturated carbocycles. The predicted octanol–water partition coefficient (Wildman–Crippen LogP) is 2.40. The maximum atomic E-state index is 5.78. The van der Waals surface area contributed by atoms with Crippen LogP contribution < -0.4 is 5.73 Å². The van der Waals surface area contributed by atoms with E-state index in [1.807, 2.05) is 20.8 Å². The standard InChI is InChI=1S/C10H11BrN4O/c1-4-7(6(3)16-15-4)10-13-5(2)8(11)9(12)14-10/h1-3H3,(H2,12,13,14). The van der Waals surface area contributed by atoms with Crippen LogP contribution in [0.15, 0.2) is 9.00 Å². The monoisotopic (exact) mass is 282 g/mol. The average Bonchev–Trinajstić information content (AvgIpc) is 2.54. The number of hydrogen-bond acceptors (Lipinski definition) is 5. The Morgan fingerprint density at radius 1 is 1.12 bits per heavy atom. The molecule has 6 heteroatoms. The number of rotatable bonds is 1. The first kappa shape index (κ1) is 11.1. The number of aromatic nitrogens is 3. The second kappa shape index (κ2) is 3.86. The van der Waals surface area contributed by atoms with Gasteiger partial charge in [-0.05, 0) is 36.7 Å². The lowest BCUT2D eigenvalue weighted by atomic mass is 10.2. The third-order valence-electron chi connectivity index (χ3n) is 2.30. The Kier molecular flexibility index (Phi) is 2.67. The van der Waals surface area contributed by atoms with Gasteiger partial charge in [0, 0.05) is 0 Å². The van der Waals surface area contributed by atoms with Crippen molar-refractivity contribution < 1.29 is 4.52 Å². The maximum absolute atomic E-state index is 5.78. The Bertz CT molecular complexity index is 507. The summed E-state index contributed by atoms with van der Waals surface area (Å²) in [4.78, 5) is 8.58. The molecule has 0 fully saturated rings.